The van der Waals surface area contributed by atoms with E-state index in [1.165, 1.54) is 0 Å². The molecule has 0 aliphatic heterocycles. The van der Waals surface area contributed by atoms with E-state index in [9.17, 15) is 9.59 Å². The number of hydrogen-bond acceptors (Lipinski definition) is 4. The van der Waals surface area contributed by atoms with Crippen molar-refractivity contribution in [3.8, 4) is 0 Å². The molecule has 0 bridgehead atoms. The van der Waals surface area contributed by atoms with Gasteiger partial charge >= 0.3 is 5.97 Å². The number of pyridine rings is 1. The second-order valence-electron chi connectivity index (χ2n) is 4.43. The number of primary amides is 1. The van der Waals surface area contributed by atoms with Crippen LogP contribution in [0.2, 0.25) is 0 Å². The average Bonchev–Trinajstić information content (AvgIpc) is 2.42. The first-order valence-electron chi connectivity index (χ1n) is 6.19. The first-order valence-corrected chi connectivity index (χ1v) is 6.19. The van der Waals surface area contributed by atoms with Gasteiger partial charge in [0.25, 0.3) is 0 Å². The summed E-state index contributed by atoms with van der Waals surface area (Å²) in [5.41, 5.74) is 5.81. The van der Waals surface area contributed by atoms with Gasteiger partial charge in [-0.3, -0.25) is 4.79 Å². The maximum Gasteiger partial charge on any atom is 0.326 e. The van der Waals surface area contributed by atoms with Crippen LogP contribution < -0.4 is 11.1 Å². The Morgan fingerprint density at radius 2 is 2.00 bits per heavy atom. The average molecular weight is 273 g/mol. The van der Waals surface area contributed by atoms with Crippen molar-refractivity contribution in [2.75, 3.05) is 5.32 Å². The van der Waals surface area contributed by atoms with Crippen molar-refractivity contribution >= 4 is 28.6 Å². The summed E-state index contributed by atoms with van der Waals surface area (Å²) in [6, 6.07) is 10.2. The van der Waals surface area contributed by atoms with Crippen LogP contribution in [0.15, 0.2) is 36.4 Å². The molecule has 104 valence electrons. The van der Waals surface area contributed by atoms with Crippen LogP contribution in [0.25, 0.3) is 10.9 Å². The number of anilines is 1. The van der Waals surface area contributed by atoms with Gasteiger partial charge in [-0.05, 0) is 24.6 Å². The predicted octanol–water partition coefficient (Wildman–Crippen LogP) is 1.37. The van der Waals surface area contributed by atoms with Gasteiger partial charge in [-0.25, -0.2) is 9.78 Å². The number of carboxylic acid groups (broad SMARTS) is 1. The molecule has 20 heavy (non-hydrogen) atoms. The minimum atomic E-state index is -1.04. The molecule has 1 heterocycles. The number of aromatic nitrogens is 1. The van der Waals surface area contributed by atoms with E-state index in [2.05, 4.69) is 10.3 Å². The number of nitrogens with one attached hydrogen (secondary N) is 1. The number of hydrogen-bond donors (Lipinski definition) is 3. The van der Waals surface area contributed by atoms with Crippen LogP contribution in [0.4, 0.5) is 5.82 Å². The zero-order valence-electron chi connectivity index (χ0n) is 10.7. The van der Waals surface area contributed by atoms with E-state index < -0.39 is 17.9 Å². The number of aliphatic carboxylic acids is 1. The lowest BCUT2D eigenvalue weighted by Crippen LogP contribution is -2.31. The molecule has 0 saturated carbocycles. The molecular formula is C14H15N3O3. The fourth-order valence-corrected chi connectivity index (χ4v) is 1.87. The highest BCUT2D eigenvalue weighted by molar-refractivity contribution is 5.82. The molecule has 2 aromatic rings. The van der Waals surface area contributed by atoms with Crippen molar-refractivity contribution in [1.29, 1.82) is 0 Å². The highest BCUT2D eigenvalue weighted by atomic mass is 16.4. The number of benzene rings is 1. The molecule has 6 heteroatoms. The Morgan fingerprint density at radius 1 is 1.25 bits per heavy atom. The summed E-state index contributed by atoms with van der Waals surface area (Å²) in [5.74, 6) is -1.11. The van der Waals surface area contributed by atoms with Gasteiger partial charge in [0, 0.05) is 11.8 Å². The number of carboxylic acids is 1. The molecule has 0 fully saturated rings. The van der Waals surface area contributed by atoms with Crippen LogP contribution in [-0.4, -0.2) is 28.0 Å². The summed E-state index contributed by atoms with van der Waals surface area (Å²) < 4.78 is 0. The molecule has 0 saturated heterocycles. The standard InChI is InChI=1S/C14H15N3O3/c15-12(18)7-6-11(14(19)20)17-13-8-5-9-3-1-2-4-10(9)16-13/h1-5,8,11H,6-7H2,(H2,15,18)(H,16,17)(H,19,20)/t11-/m0/s1. The summed E-state index contributed by atoms with van der Waals surface area (Å²) in [5, 5.41) is 12.9. The maximum absolute atomic E-state index is 11.1. The van der Waals surface area contributed by atoms with E-state index in [0.29, 0.717) is 5.82 Å². The third kappa shape index (κ3) is 3.44. The monoisotopic (exact) mass is 273 g/mol. The fraction of sp³-hybridized carbons (Fsp3) is 0.214. The number of fused-ring (bicyclic) bond motifs is 1. The number of carbonyl (C=O) groups is 2. The van der Waals surface area contributed by atoms with E-state index in [0.717, 1.165) is 10.9 Å². The zero-order chi connectivity index (χ0) is 14.5. The van der Waals surface area contributed by atoms with E-state index in [4.69, 9.17) is 10.8 Å². The Bertz CT molecular complexity index is 642. The van der Waals surface area contributed by atoms with Crippen molar-refractivity contribution < 1.29 is 14.7 Å². The number of para-hydroxylation sites is 1. The Labute approximate surface area is 115 Å². The lowest BCUT2D eigenvalue weighted by atomic mass is 10.1. The van der Waals surface area contributed by atoms with Gasteiger partial charge in [0.2, 0.25) is 5.91 Å². The van der Waals surface area contributed by atoms with E-state index in [-0.39, 0.29) is 12.8 Å². The molecule has 1 atom stereocenters. The summed E-state index contributed by atoms with van der Waals surface area (Å²) >= 11 is 0. The Balaban J connectivity index is 2.15. The van der Waals surface area contributed by atoms with Crippen LogP contribution in [0.3, 0.4) is 0 Å². The van der Waals surface area contributed by atoms with Gasteiger partial charge in [-0.15, -0.1) is 0 Å². The summed E-state index contributed by atoms with van der Waals surface area (Å²) in [6.45, 7) is 0. The predicted molar refractivity (Wildman–Crippen MR) is 75.2 cm³/mol. The SMILES string of the molecule is NC(=O)CC[C@H](Nc1ccc2ccccc2n1)C(=O)O. The molecule has 0 unspecified atom stereocenters. The molecule has 1 amide bonds. The third-order valence-corrected chi connectivity index (χ3v) is 2.90. The molecule has 0 aliphatic carbocycles. The molecule has 1 aromatic carbocycles. The smallest absolute Gasteiger partial charge is 0.326 e. The lowest BCUT2D eigenvalue weighted by molar-refractivity contribution is -0.138. The summed E-state index contributed by atoms with van der Waals surface area (Å²) in [6.07, 6.45) is 0.136. The number of amides is 1. The molecular weight excluding hydrogens is 258 g/mol. The van der Waals surface area contributed by atoms with Gasteiger partial charge in [0.1, 0.15) is 11.9 Å². The first-order chi connectivity index (χ1) is 9.56. The van der Waals surface area contributed by atoms with Crippen LogP contribution in [0, 0.1) is 0 Å². The van der Waals surface area contributed by atoms with Crippen LogP contribution in [0.1, 0.15) is 12.8 Å². The topological polar surface area (TPSA) is 105 Å². The van der Waals surface area contributed by atoms with Crippen LogP contribution in [0.5, 0.6) is 0 Å². The van der Waals surface area contributed by atoms with E-state index in [1.807, 2.05) is 30.3 Å². The zero-order valence-corrected chi connectivity index (χ0v) is 10.7. The molecule has 4 N–H and O–H groups in total. The molecule has 6 nitrogen and oxygen atoms in total. The molecule has 1 aromatic heterocycles. The van der Waals surface area contributed by atoms with Gasteiger partial charge in [-0.1, -0.05) is 18.2 Å². The Hall–Kier alpha value is -2.63. The van der Waals surface area contributed by atoms with Crippen molar-refractivity contribution in [2.45, 2.75) is 18.9 Å². The number of rotatable bonds is 6. The normalized spacial score (nSPS) is 12.0. The highest BCUT2D eigenvalue weighted by Gasteiger charge is 2.18. The van der Waals surface area contributed by atoms with Crippen molar-refractivity contribution in [3.63, 3.8) is 0 Å². The highest BCUT2D eigenvalue weighted by Crippen LogP contribution is 2.16. The number of carbonyl (C=O) groups excluding carboxylic acids is 1. The molecule has 0 spiro atoms. The largest absolute Gasteiger partial charge is 0.480 e. The van der Waals surface area contributed by atoms with Crippen molar-refractivity contribution in [1.82, 2.24) is 4.98 Å². The van der Waals surface area contributed by atoms with Gasteiger partial charge in [0.15, 0.2) is 0 Å². The van der Waals surface area contributed by atoms with Gasteiger partial charge in [0.05, 0.1) is 5.52 Å². The minimum absolute atomic E-state index is 0.0115. The summed E-state index contributed by atoms with van der Waals surface area (Å²) in [4.78, 5) is 26.2. The summed E-state index contributed by atoms with van der Waals surface area (Å²) in [7, 11) is 0. The van der Waals surface area contributed by atoms with Gasteiger partial charge in [-0.2, -0.15) is 0 Å². The maximum atomic E-state index is 11.1. The second-order valence-corrected chi connectivity index (χ2v) is 4.43. The molecule has 0 radical (unpaired) electrons. The molecule has 0 aliphatic rings. The van der Waals surface area contributed by atoms with E-state index >= 15 is 0 Å². The van der Waals surface area contributed by atoms with Crippen LogP contribution in [-0.2, 0) is 9.59 Å². The quantitative estimate of drug-likeness (QED) is 0.737. The minimum Gasteiger partial charge on any atom is -0.480 e. The Kier molecular flexibility index (Phi) is 4.14. The number of nitrogens with two attached hydrogens (primary N) is 1. The Morgan fingerprint density at radius 3 is 2.70 bits per heavy atom. The van der Waals surface area contributed by atoms with E-state index in [1.54, 1.807) is 6.07 Å². The number of nitrogens with zero attached hydrogens (tertiary/aromatic N) is 1. The van der Waals surface area contributed by atoms with Gasteiger partial charge < -0.3 is 16.2 Å². The lowest BCUT2D eigenvalue weighted by Gasteiger charge is -2.14. The third-order valence-electron chi connectivity index (χ3n) is 2.90. The molecule has 2 rings (SSSR count). The first kappa shape index (κ1) is 13.8. The van der Waals surface area contributed by atoms with Crippen molar-refractivity contribution in [3.05, 3.63) is 36.4 Å². The fourth-order valence-electron chi connectivity index (χ4n) is 1.87. The van der Waals surface area contributed by atoms with Crippen molar-refractivity contribution in [2.24, 2.45) is 5.73 Å². The van der Waals surface area contributed by atoms with Crippen LogP contribution >= 0.6 is 0 Å². The second kappa shape index (κ2) is 6.01.